The third-order valence-corrected chi connectivity index (χ3v) is 4.00. The van der Waals surface area contributed by atoms with E-state index in [4.69, 9.17) is 0 Å². The summed E-state index contributed by atoms with van der Waals surface area (Å²) in [5.41, 5.74) is 3.53. The predicted octanol–water partition coefficient (Wildman–Crippen LogP) is 2.34. The van der Waals surface area contributed by atoms with Crippen LogP contribution in [0, 0.1) is 6.92 Å². The lowest BCUT2D eigenvalue weighted by molar-refractivity contribution is 0.738. The maximum absolute atomic E-state index is 4.54. The molecule has 20 heavy (non-hydrogen) atoms. The van der Waals surface area contributed by atoms with E-state index in [1.165, 1.54) is 24.1 Å². The van der Waals surface area contributed by atoms with Crippen molar-refractivity contribution < 1.29 is 0 Å². The van der Waals surface area contributed by atoms with Crippen LogP contribution in [-0.4, -0.2) is 27.9 Å². The van der Waals surface area contributed by atoms with Gasteiger partial charge in [0.05, 0.1) is 11.9 Å². The van der Waals surface area contributed by atoms with Crippen LogP contribution in [0.1, 0.15) is 24.1 Å². The van der Waals surface area contributed by atoms with Gasteiger partial charge in [-0.2, -0.15) is 5.10 Å². The van der Waals surface area contributed by atoms with Gasteiger partial charge in [0.25, 0.3) is 0 Å². The second kappa shape index (κ2) is 5.53. The highest BCUT2D eigenvalue weighted by atomic mass is 15.3. The number of aryl methyl sites for hydroxylation is 1. The van der Waals surface area contributed by atoms with Crippen LogP contribution in [0.3, 0.4) is 0 Å². The number of hydrogen-bond acceptors (Lipinski definition) is 4. The van der Waals surface area contributed by atoms with E-state index in [0.29, 0.717) is 0 Å². The third kappa shape index (κ3) is 2.48. The van der Waals surface area contributed by atoms with Crippen molar-refractivity contribution >= 4 is 11.5 Å². The quantitative estimate of drug-likeness (QED) is 0.927. The number of pyridine rings is 1. The van der Waals surface area contributed by atoms with Gasteiger partial charge in [-0.1, -0.05) is 0 Å². The Balaban J connectivity index is 1.75. The fourth-order valence-electron chi connectivity index (χ4n) is 2.62. The van der Waals surface area contributed by atoms with Crippen molar-refractivity contribution in [2.75, 3.05) is 23.3 Å². The minimum atomic E-state index is 0.784. The highest BCUT2D eigenvalue weighted by molar-refractivity contribution is 5.65. The van der Waals surface area contributed by atoms with Crippen LogP contribution in [0.5, 0.6) is 0 Å². The molecule has 0 amide bonds. The van der Waals surface area contributed by atoms with E-state index < -0.39 is 0 Å². The summed E-state index contributed by atoms with van der Waals surface area (Å²) in [6.45, 7) is 5.09. The Kier molecular flexibility index (Phi) is 3.58. The first-order chi connectivity index (χ1) is 9.75. The number of hydrogen-bond donors (Lipinski definition) is 1. The Morgan fingerprint density at radius 2 is 2.10 bits per heavy atom. The molecule has 1 aliphatic rings. The fraction of sp³-hybridized carbons (Fsp3) is 0.467. The van der Waals surface area contributed by atoms with Gasteiger partial charge in [0.1, 0.15) is 0 Å². The Bertz CT molecular complexity index is 584. The molecular formula is C15H21N5. The van der Waals surface area contributed by atoms with Crippen molar-refractivity contribution in [3.05, 3.63) is 35.8 Å². The highest BCUT2D eigenvalue weighted by Gasteiger charge is 2.16. The zero-order valence-corrected chi connectivity index (χ0v) is 12.1. The van der Waals surface area contributed by atoms with Crippen molar-refractivity contribution in [1.82, 2.24) is 14.8 Å². The first-order valence-electron chi connectivity index (χ1n) is 7.17. The monoisotopic (exact) mass is 271 g/mol. The molecular weight excluding hydrogens is 250 g/mol. The molecule has 0 radical (unpaired) electrons. The van der Waals surface area contributed by atoms with E-state index in [9.17, 15) is 0 Å². The summed E-state index contributed by atoms with van der Waals surface area (Å²) in [6, 6.07) is 4.09. The van der Waals surface area contributed by atoms with E-state index >= 15 is 0 Å². The number of rotatable bonds is 4. The second-order valence-corrected chi connectivity index (χ2v) is 5.30. The third-order valence-electron chi connectivity index (χ3n) is 4.00. The molecule has 0 unspecified atom stereocenters. The number of anilines is 2. The lowest BCUT2D eigenvalue weighted by Gasteiger charge is -2.20. The molecule has 1 saturated heterocycles. The summed E-state index contributed by atoms with van der Waals surface area (Å²) < 4.78 is 1.90. The van der Waals surface area contributed by atoms with Crippen LogP contribution in [0.2, 0.25) is 0 Å². The molecule has 2 aromatic heterocycles. The summed E-state index contributed by atoms with van der Waals surface area (Å²) in [5.74, 6) is 1.08. The van der Waals surface area contributed by atoms with E-state index in [-0.39, 0.29) is 0 Å². The molecule has 0 aliphatic carbocycles. The molecule has 1 aliphatic heterocycles. The van der Waals surface area contributed by atoms with Crippen molar-refractivity contribution in [3.63, 3.8) is 0 Å². The average Bonchev–Trinajstić information content (AvgIpc) is 3.10. The Hall–Kier alpha value is -2.04. The molecule has 0 bridgehead atoms. The van der Waals surface area contributed by atoms with Crippen LogP contribution >= 0.6 is 0 Å². The normalized spacial score (nSPS) is 14.8. The zero-order chi connectivity index (χ0) is 13.9. The first-order valence-corrected chi connectivity index (χ1v) is 7.17. The molecule has 1 N–H and O–H groups in total. The standard InChI is InChI=1S/C15H21N5/c1-12-13(11-18-19(12)2)10-17-14-6-5-7-16-15(14)20-8-3-4-9-20/h5-7,11,17H,3-4,8-10H2,1-2H3. The molecule has 0 atom stereocenters. The zero-order valence-electron chi connectivity index (χ0n) is 12.1. The van der Waals surface area contributed by atoms with Gasteiger partial charge < -0.3 is 10.2 Å². The molecule has 0 spiro atoms. The largest absolute Gasteiger partial charge is 0.378 e. The lowest BCUT2D eigenvalue weighted by Crippen LogP contribution is -2.20. The minimum Gasteiger partial charge on any atom is -0.378 e. The first kappa shape index (κ1) is 13.0. The summed E-state index contributed by atoms with van der Waals surface area (Å²) >= 11 is 0. The van der Waals surface area contributed by atoms with E-state index in [1.807, 2.05) is 30.2 Å². The van der Waals surface area contributed by atoms with Gasteiger partial charge in [-0.05, 0) is 31.9 Å². The Morgan fingerprint density at radius 3 is 2.80 bits per heavy atom. The molecule has 2 aromatic rings. The summed E-state index contributed by atoms with van der Waals surface area (Å²) in [4.78, 5) is 6.90. The Labute approximate surface area is 119 Å². The number of nitrogens with zero attached hydrogens (tertiary/aromatic N) is 4. The van der Waals surface area contributed by atoms with Crippen molar-refractivity contribution in [3.8, 4) is 0 Å². The van der Waals surface area contributed by atoms with Gasteiger partial charge >= 0.3 is 0 Å². The van der Waals surface area contributed by atoms with Gasteiger partial charge in [0, 0.05) is 44.1 Å². The van der Waals surface area contributed by atoms with Crippen molar-refractivity contribution in [2.45, 2.75) is 26.3 Å². The molecule has 1 fully saturated rings. The average molecular weight is 271 g/mol. The van der Waals surface area contributed by atoms with E-state index in [1.54, 1.807) is 0 Å². The van der Waals surface area contributed by atoms with Gasteiger partial charge in [0.2, 0.25) is 0 Å². The number of aromatic nitrogens is 3. The van der Waals surface area contributed by atoms with Crippen molar-refractivity contribution in [2.24, 2.45) is 7.05 Å². The highest BCUT2D eigenvalue weighted by Crippen LogP contribution is 2.26. The lowest BCUT2D eigenvalue weighted by atomic mass is 10.2. The van der Waals surface area contributed by atoms with Crippen LogP contribution < -0.4 is 10.2 Å². The topological polar surface area (TPSA) is 46.0 Å². The Morgan fingerprint density at radius 1 is 1.30 bits per heavy atom. The maximum Gasteiger partial charge on any atom is 0.151 e. The summed E-state index contributed by atoms with van der Waals surface area (Å²) in [7, 11) is 1.97. The van der Waals surface area contributed by atoms with Gasteiger partial charge in [-0.25, -0.2) is 4.98 Å². The molecule has 0 aromatic carbocycles. The van der Waals surface area contributed by atoms with Crippen molar-refractivity contribution in [1.29, 1.82) is 0 Å². The fourth-order valence-corrected chi connectivity index (χ4v) is 2.62. The predicted molar refractivity (Wildman–Crippen MR) is 81.0 cm³/mol. The smallest absolute Gasteiger partial charge is 0.151 e. The molecule has 0 saturated carbocycles. The summed E-state index contributed by atoms with van der Waals surface area (Å²) in [5, 5.41) is 7.78. The van der Waals surface area contributed by atoms with Crippen LogP contribution in [0.4, 0.5) is 11.5 Å². The van der Waals surface area contributed by atoms with Crippen LogP contribution in [-0.2, 0) is 13.6 Å². The SMILES string of the molecule is Cc1c(CNc2cccnc2N2CCCC2)cnn1C. The second-order valence-electron chi connectivity index (χ2n) is 5.30. The molecule has 5 heteroatoms. The van der Waals surface area contributed by atoms with Gasteiger partial charge in [-0.15, -0.1) is 0 Å². The molecule has 3 rings (SSSR count). The van der Waals surface area contributed by atoms with Crippen LogP contribution in [0.15, 0.2) is 24.5 Å². The van der Waals surface area contributed by atoms with E-state index in [0.717, 1.165) is 31.1 Å². The molecule has 5 nitrogen and oxygen atoms in total. The van der Waals surface area contributed by atoms with Gasteiger partial charge in [0.15, 0.2) is 5.82 Å². The van der Waals surface area contributed by atoms with Crippen LogP contribution in [0.25, 0.3) is 0 Å². The maximum atomic E-state index is 4.54. The summed E-state index contributed by atoms with van der Waals surface area (Å²) in [6.07, 6.45) is 6.32. The number of nitrogens with one attached hydrogen (secondary N) is 1. The molecule has 3 heterocycles. The van der Waals surface area contributed by atoms with Gasteiger partial charge in [-0.3, -0.25) is 4.68 Å². The molecule has 106 valence electrons. The minimum absolute atomic E-state index is 0.784. The van der Waals surface area contributed by atoms with E-state index in [2.05, 4.69) is 33.3 Å².